The van der Waals surface area contributed by atoms with Gasteiger partial charge in [0, 0.05) is 13.2 Å². The Morgan fingerprint density at radius 1 is 1.56 bits per heavy atom. The van der Waals surface area contributed by atoms with E-state index < -0.39 is 18.5 Å². The van der Waals surface area contributed by atoms with E-state index in [1.165, 1.54) is 25.5 Å². The van der Waals surface area contributed by atoms with Crippen LogP contribution < -0.4 is 10.6 Å². The molecule has 0 aliphatic carbocycles. The second-order valence-electron chi connectivity index (χ2n) is 3.18. The van der Waals surface area contributed by atoms with Gasteiger partial charge >= 0.3 is 6.18 Å². The lowest BCUT2D eigenvalue weighted by Crippen LogP contribution is -2.31. The SMILES string of the molecule is CN(C(=O)CC(F)(F)F)c1ccncc1N. The lowest BCUT2D eigenvalue weighted by atomic mass is 10.3. The number of pyridine rings is 1. The number of hydrogen-bond donors (Lipinski definition) is 1. The highest BCUT2D eigenvalue weighted by atomic mass is 19.4. The predicted octanol–water partition coefficient (Wildman–Crippen LogP) is 1.58. The van der Waals surface area contributed by atoms with E-state index in [4.69, 9.17) is 5.73 Å². The molecule has 1 heterocycles. The molecule has 0 aliphatic rings. The average Bonchev–Trinajstić information content (AvgIpc) is 2.15. The summed E-state index contributed by atoms with van der Waals surface area (Å²) in [6.45, 7) is 0. The topological polar surface area (TPSA) is 59.2 Å². The van der Waals surface area contributed by atoms with Crippen molar-refractivity contribution in [3.8, 4) is 0 Å². The summed E-state index contributed by atoms with van der Waals surface area (Å²) in [5, 5.41) is 0. The first kappa shape index (κ1) is 12.3. The molecule has 7 heteroatoms. The highest BCUT2D eigenvalue weighted by molar-refractivity contribution is 5.95. The molecule has 1 aromatic heterocycles. The number of alkyl halides is 3. The molecular weight excluding hydrogens is 223 g/mol. The summed E-state index contributed by atoms with van der Waals surface area (Å²) >= 11 is 0. The number of nitrogens with zero attached hydrogens (tertiary/aromatic N) is 2. The van der Waals surface area contributed by atoms with Gasteiger partial charge in [-0.2, -0.15) is 13.2 Å². The van der Waals surface area contributed by atoms with Gasteiger partial charge in [-0.3, -0.25) is 9.78 Å². The van der Waals surface area contributed by atoms with Crippen molar-refractivity contribution in [1.82, 2.24) is 4.98 Å². The molecule has 0 spiro atoms. The number of nitrogens with two attached hydrogens (primary N) is 1. The summed E-state index contributed by atoms with van der Waals surface area (Å²) in [7, 11) is 1.24. The third kappa shape index (κ3) is 3.11. The maximum atomic E-state index is 12.0. The minimum absolute atomic E-state index is 0.153. The second kappa shape index (κ2) is 4.38. The Bertz CT molecular complexity index is 392. The lowest BCUT2D eigenvalue weighted by Gasteiger charge is -2.19. The van der Waals surface area contributed by atoms with E-state index in [9.17, 15) is 18.0 Å². The van der Waals surface area contributed by atoms with Gasteiger partial charge < -0.3 is 10.6 Å². The molecule has 1 rings (SSSR count). The Labute approximate surface area is 89.9 Å². The summed E-state index contributed by atoms with van der Waals surface area (Å²) in [5.41, 5.74) is 5.85. The van der Waals surface area contributed by atoms with Crippen LogP contribution in [0.2, 0.25) is 0 Å². The zero-order chi connectivity index (χ0) is 12.3. The van der Waals surface area contributed by atoms with Crippen LogP contribution in [0.3, 0.4) is 0 Å². The van der Waals surface area contributed by atoms with Gasteiger partial charge in [0.1, 0.15) is 6.42 Å². The van der Waals surface area contributed by atoms with Gasteiger partial charge in [0.05, 0.1) is 17.6 Å². The second-order valence-corrected chi connectivity index (χ2v) is 3.18. The molecule has 88 valence electrons. The smallest absolute Gasteiger partial charge is 0.396 e. The molecule has 4 nitrogen and oxygen atoms in total. The number of carbonyl (C=O) groups is 1. The molecule has 0 saturated carbocycles. The number of nitrogen functional groups attached to an aromatic ring is 1. The minimum atomic E-state index is -4.52. The average molecular weight is 233 g/mol. The molecule has 0 aliphatic heterocycles. The molecule has 1 amide bonds. The summed E-state index contributed by atoms with van der Waals surface area (Å²) in [6.07, 6.45) is -3.41. The third-order valence-corrected chi connectivity index (χ3v) is 1.91. The van der Waals surface area contributed by atoms with Crippen LogP contribution in [0.5, 0.6) is 0 Å². The van der Waals surface area contributed by atoms with E-state index in [-0.39, 0.29) is 11.4 Å². The molecule has 0 bridgehead atoms. The van der Waals surface area contributed by atoms with Gasteiger partial charge in [-0.15, -0.1) is 0 Å². The van der Waals surface area contributed by atoms with E-state index in [1.54, 1.807) is 0 Å². The van der Waals surface area contributed by atoms with Gasteiger partial charge in [-0.1, -0.05) is 0 Å². The molecule has 0 atom stereocenters. The molecule has 0 aromatic carbocycles. The first-order chi connectivity index (χ1) is 7.31. The van der Waals surface area contributed by atoms with Crippen LogP contribution in [-0.4, -0.2) is 24.1 Å². The normalized spacial score (nSPS) is 11.2. The number of anilines is 2. The fourth-order valence-electron chi connectivity index (χ4n) is 1.13. The maximum Gasteiger partial charge on any atom is 0.397 e. The summed E-state index contributed by atoms with van der Waals surface area (Å²) in [5.74, 6) is -1.06. The van der Waals surface area contributed by atoms with Crippen LogP contribution in [0.1, 0.15) is 6.42 Å². The van der Waals surface area contributed by atoms with Crippen molar-refractivity contribution in [2.75, 3.05) is 17.7 Å². The van der Waals surface area contributed by atoms with Gasteiger partial charge in [0.15, 0.2) is 0 Å². The van der Waals surface area contributed by atoms with Crippen LogP contribution >= 0.6 is 0 Å². The predicted molar refractivity (Wildman–Crippen MR) is 52.7 cm³/mol. The Balaban J connectivity index is 2.83. The summed E-state index contributed by atoms with van der Waals surface area (Å²) < 4.78 is 36.0. The molecule has 0 fully saturated rings. The molecular formula is C9H10F3N3O. The largest absolute Gasteiger partial charge is 0.397 e. The van der Waals surface area contributed by atoms with Crippen molar-refractivity contribution in [2.24, 2.45) is 0 Å². The number of amides is 1. The van der Waals surface area contributed by atoms with Crippen molar-refractivity contribution in [3.63, 3.8) is 0 Å². The van der Waals surface area contributed by atoms with Crippen molar-refractivity contribution >= 4 is 17.3 Å². The van der Waals surface area contributed by atoms with E-state index in [0.717, 1.165) is 4.90 Å². The number of aromatic nitrogens is 1. The maximum absolute atomic E-state index is 12.0. The van der Waals surface area contributed by atoms with Gasteiger partial charge in [-0.05, 0) is 6.07 Å². The van der Waals surface area contributed by atoms with Crippen molar-refractivity contribution in [2.45, 2.75) is 12.6 Å². The Morgan fingerprint density at radius 2 is 2.19 bits per heavy atom. The van der Waals surface area contributed by atoms with E-state index in [1.807, 2.05) is 0 Å². The number of carbonyl (C=O) groups excluding carboxylic acids is 1. The van der Waals surface area contributed by atoms with Crippen LogP contribution in [0.25, 0.3) is 0 Å². The molecule has 1 aromatic rings. The fraction of sp³-hybridized carbons (Fsp3) is 0.333. The quantitative estimate of drug-likeness (QED) is 0.843. The molecule has 0 saturated heterocycles. The third-order valence-electron chi connectivity index (χ3n) is 1.91. The molecule has 2 N–H and O–H groups in total. The van der Waals surface area contributed by atoms with Gasteiger partial charge in [0.25, 0.3) is 0 Å². The molecule has 0 radical (unpaired) electrons. The van der Waals surface area contributed by atoms with Crippen LogP contribution in [0.4, 0.5) is 24.5 Å². The summed E-state index contributed by atoms with van der Waals surface area (Å²) in [6, 6.07) is 1.38. The number of rotatable bonds is 2. The molecule has 16 heavy (non-hydrogen) atoms. The number of hydrogen-bond acceptors (Lipinski definition) is 3. The highest BCUT2D eigenvalue weighted by Gasteiger charge is 2.33. The Morgan fingerprint density at radius 3 is 2.69 bits per heavy atom. The van der Waals surface area contributed by atoms with E-state index >= 15 is 0 Å². The Kier molecular flexibility index (Phi) is 3.36. The first-order valence-corrected chi connectivity index (χ1v) is 4.34. The van der Waals surface area contributed by atoms with Crippen molar-refractivity contribution in [3.05, 3.63) is 18.5 Å². The van der Waals surface area contributed by atoms with Gasteiger partial charge in [-0.25, -0.2) is 0 Å². The van der Waals surface area contributed by atoms with E-state index in [0.29, 0.717) is 0 Å². The van der Waals surface area contributed by atoms with Crippen LogP contribution in [-0.2, 0) is 4.79 Å². The first-order valence-electron chi connectivity index (χ1n) is 4.34. The highest BCUT2D eigenvalue weighted by Crippen LogP contribution is 2.25. The standard InChI is InChI=1S/C9H10F3N3O/c1-15(8(16)4-9(10,11)12)7-2-3-14-5-6(7)13/h2-3,5H,4,13H2,1H3. The zero-order valence-electron chi connectivity index (χ0n) is 8.45. The lowest BCUT2D eigenvalue weighted by molar-refractivity contribution is -0.151. The Hall–Kier alpha value is -1.79. The van der Waals surface area contributed by atoms with Crippen molar-refractivity contribution < 1.29 is 18.0 Å². The fourth-order valence-corrected chi connectivity index (χ4v) is 1.13. The zero-order valence-corrected chi connectivity index (χ0v) is 8.45. The van der Waals surface area contributed by atoms with Gasteiger partial charge in [0.2, 0.25) is 5.91 Å². The van der Waals surface area contributed by atoms with Crippen molar-refractivity contribution in [1.29, 1.82) is 0 Å². The van der Waals surface area contributed by atoms with E-state index in [2.05, 4.69) is 4.98 Å². The summed E-state index contributed by atoms with van der Waals surface area (Å²) in [4.78, 5) is 15.8. The van der Waals surface area contributed by atoms with Crippen LogP contribution in [0, 0.1) is 0 Å². The monoisotopic (exact) mass is 233 g/mol. The number of halogens is 3. The minimum Gasteiger partial charge on any atom is -0.396 e. The van der Waals surface area contributed by atoms with Crippen LogP contribution in [0.15, 0.2) is 18.5 Å². The molecule has 0 unspecified atom stereocenters.